The first kappa shape index (κ1) is 17.4. The van der Waals surface area contributed by atoms with Gasteiger partial charge < -0.3 is 10.4 Å². The molecule has 1 rings (SSSR count). The van der Waals surface area contributed by atoms with Crippen LogP contribution in [0.1, 0.15) is 45.1 Å². The summed E-state index contributed by atoms with van der Waals surface area (Å²) < 4.78 is 14.0. The van der Waals surface area contributed by atoms with Crippen molar-refractivity contribution in [2.45, 2.75) is 45.1 Å². The van der Waals surface area contributed by atoms with Gasteiger partial charge in [0.1, 0.15) is 5.82 Å². The second-order valence-corrected chi connectivity index (χ2v) is 5.78. The minimum Gasteiger partial charge on any atom is -0.481 e. The van der Waals surface area contributed by atoms with Gasteiger partial charge in [0.2, 0.25) is 5.91 Å². The highest BCUT2D eigenvalue weighted by molar-refractivity contribution is 6.30. The molecule has 4 nitrogen and oxygen atoms in total. The molecule has 1 aromatic carbocycles. The van der Waals surface area contributed by atoms with Crippen molar-refractivity contribution in [2.24, 2.45) is 0 Å². The molecule has 21 heavy (non-hydrogen) atoms. The maximum atomic E-state index is 14.0. The molecule has 6 heteroatoms. The van der Waals surface area contributed by atoms with Crippen molar-refractivity contribution in [3.05, 3.63) is 34.6 Å². The summed E-state index contributed by atoms with van der Waals surface area (Å²) in [6, 6.07) is 4.65. The van der Waals surface area contributed by atoms with Gasteiger partial charge in [-0.15, -0.1) is 0 Å². The number of aliphatic carboxylic acids is 1. The molecule has 0 radical (unpaired) electrons. The van der Waals surface area contributed by atoms with Crippen molar-refractivity contribution in [1.82, 2.24) is 5.32 Å². The Labute approximate surface area is 128 Å². The van der Waals surface area contributed by atoms with E-state index in [2.05, 4.69) is 5.32 Å². The highest BCUT2D eigenvalue weighted by atomic mass is 35.5. The fourth-order valence-electron chi connectivity index (χ4n) is 2.03. The van der Waals surface area contributed by atoms with E-state index in [1.807, 2.05) is 0 Å². The lowest BCUT2D eigenvalue weighted by Crippen LogP contribution is -2.41. The van der Waals surface area contributed by atoms with Crippen LogP contribution in [-0.2, 0) is 15.1 Å². The molecule has 0 fully saturated rings. The van der Waals surface area contributed by atoms with Gasteiger partial charge in [0.15, 0.2) is 0 Å². The zero-order valence-electron chi connectivity index (χ0n) is 12.1. The number of rotatable bonds is 7. The fourth-order valence-corrected chi connectivity index (χ4v) is 2.20. The van der Waals surface area contributed by atoms with Crippen LogP contribution >= 0.6 is 11.6 Å². The van der Waals surface area contributed by atoms with Crippen LogP contribution in [0.2, 0.25) is 5.02 Å². The van der Waals surface area contributed by atoms with E-state index in [1.54, 1.807) is 26.0 Å². The van der Waals surface area contributed by atoms with Gasteiger partial charge in [0.25, 0.3) is 0 Å². The lowest BCUT2D eigenvalue weighted by Gasteiger charge is -2.27. The van der Waals surface area contributed by atoms with Crippen molar-refractivity contribution in [1.29, 1.82) is 0 Å². The van der Waals surface area contributed by atoms with Crippen molar-refractivity contribution in [3.63, 3.8) is 0 Å². The average molecular weight is 316 g/mol. The number of carbonyl (C=O) groups is 2. The molecule has 0 bridgehead atoms. The van der Waals surface area contributed by atoms with Crippen LogP contribution in [0, 0.1) is 5.82 Å². The predicted molar refractivity (Wildman–Crippen MR) is 78.7 cm³/mol. The molecule has 1 aromatic rings. The number of benzene rings is 1. The number of nitrogens with one attached hydrogen (secondary N) is 1. The Morgan fingerprint density at radius 1 is 1.29 bits per heavy atom. The van der Waals surface area contributed by atoms with E-state index in [4.69, 9.17) is 16.7 Å². The van der Waals surface area contributed by atoms with E-state index in [0.29, 0.717) is 18.4 Å². The smallest absolute Gasteiger partial charge is 0.303 e. The van der Waals surface area contributed by atoms with Crippen molar-refractivity contribution in [2.75, 3.05) is 0 Å². The Morgan fingerprint density at radius 3 is 2.52 bits per heavy atom. The first-order chi connectivity index (χ1) is 9.74. The number of hydrogen-bond donors (Lipinski definition) is 2. The zero-order chi connectivity index (χ0) is 16.0. The van der Waals surface area contributed by atoms with Crippen molar-refractivity contribution in [3.8, 4) is 0 Å². The number of unbranched alkanes of at least 4 members (excludes halogenated alkanes) is 1. The highest BCUT2D eigenvalue weighted by Crippen LogP contribution is 2.27. The summed E-state index contributed by atoms with van der Waals surface area (Å²) in [5.74, 6) is -1.67. The van der Waals surface area contributed by atoms with E-state index in [9.17, 15) is 14.0 Å². The van der Waals surface area contributed by atoms with Gasteiger partial charge in [0.05, 0.1) is 10.6 Å². The summed E-state index contributed by atoms with van der Waals surface area (Å²) in [6.45, 7) is 3.38. The first-order valence-electron chi connectivity index (χ1n) is 6.71. The van der Waals surface area contributed by atoms with Gasteiger partial charge in [-0.05, 0) is 32.8 Å². The van der Waals surface area contributed by atoms with Crippen LogP contribution in [0.3, 0.4) is 0 Å². The van der Waals surface area contributed by atoms with Crippen LogP contribution in [-0.4, -0.2) is 17.0 Å². The molecule has 1 amide bonds. The van der Waals surface area contributed by atoms with E-state index < -0.39 is 17.3 Å². The third-order valence-corrected chi connectivity index (χ3v) is 3.41. The molecule has 0 unspecified atom stereocenters. The summed E-state index contributed by atoms with van der Waals surface area (Å²) in [5.41, 5.74) is -0.576. The van der Waals surface area contributed by atoms with E-state index in [0.717, 1.165) is 0 Å². The molecule has 2 N–H and O–H groups in total. The molecule has 0 aliphatic rings. The molecule has 0 aromatic heterocycles. The zero-order valence-corrected chi connectivity index (χ0v) is 12.8. The third-order valence-electron chi connectivity index (χ3n) is 3.12. The molecule has 0 atom stereocenters. The molecule has 0 saturated carbocycles. The molecular weight excluding hydrogens is 297 g/mol. The lowest BCUT2D eigenvalue weighted by atomic mass is 9.93. The molecule has 116 valence electrons. The van der Waals surface area contributed by atoms with Gasteiger partial charge in [0, 0.05) is 18.4 Å². The van der Waals surface area contributed by atoms with Crippen LogP contribution in [0.5, 0.6) is 0 Å². The number of carbonyl (C=O) groups excluding carboxylic acids is 1. The summed E-state index contributed by atoms with van der Waals surface area (Å²) in [4.78, 5) is 22.2. The number of halogens is 2. The molecule has 0 saturated heterocycles. The van der Waals surface area contributed by atoms with Gasteiger partial charge in [-0.2, -0.15) is 0 Å². The van der Waals surface area contributed by atoms with Gasteiger partial charge in [-0.1, -0.05) is 23.7 Å². The van der Waals surface area contributed by atoms with Gasteiger partial charge in [-0.3, -0.25) is 9.59 Å². The highest BCUT2D eigenvalue weighted by Gasteiger charge is 2.26. The van der Waals surface area contributed by atoms with Gasteiger partial charge >= 0.3 is 5.97 Å². The first-order valence-corrected chi connectivity index (χ1v) is 7.09. The molecule has 0 heterocycles. The standard InChI is InChI=1S/C15H19ClFNO3/c1-15(2,10-6-5-7-11(16)14(10)17)18-12(19)8-3-4-9-13(20)21/h5-7H,3-4,8-9H2,1-2H3,(H,18,19)(H,20,21). The molecule has 0 spiro atoms. The van der Waals surface area contributed by atoms with E-state index in [-0.39, 0.29) is 23.8 Å². The monoisotopic (exact) mass is 315 g/mol. The Hall–Kier alpha value is -1.62. The quantitative estimate of drug-likeness (QED) is 0.757. The minimum atomic E-state index is -0.890. The Kier molecular flexibility index (Phi) is 6.15. The van der Waals surface area contributed by atoms with Gasteiger partial charge in [-0.25, -0.2) is 4.39 Å². The average Bonchev–Trinajstić information content (AvgIpc) is 2.37. The summed E-state index contributed by atoms with van der Waals surface area (Å²) in [5, 5.41) is 11.3. The Morgan fingerprint density at radius 2 is 1.90 bits per heavy atom. The number of carboxylic acid groups (broad SMARTS) is 1. The predicted octanol–water partition coefficient (Wildman–Crippen LogP) is 3.48. The van der Waals surface area contributed by atoms with Crippen molar-refractivity contribution >= 4 is 23.5 Å². The van der Waals surface area contributed by atoms with Crippen LogP contribution in [0.25, 0.3) is 0 Å². The SMILES string of the molecule is CC(C)(NC(=O)CCCCC(=O)O)c1cccc(Cl)c1F. The maximum Gasteiger partial charge on any atom is 0.303 e. The van der Waals surface area contributed by atoms with Crippen LogP contribution < -0.4 is 5.32 Å². The van der Waals surface area contributed by atoms with E-state index in [1.165, 1.54) is 6.07 Å². The van der Waals surface area contributed by atoms with E-state index >= 15 is 0 Å². The largest absolute Gasteiger partial charge is 0.481 e. The minimum absolute atomic E-state index is 0.0104. The topological polar surface area (TPSA) is 66.4 Å². The second-order valence-electron chi connectivity index (χ2n) is 5.38. The third kappa shape index (κ3) is 5.34. The number of carboxylic acids is 1. The second kappa shape index (κ2) is 7.41. The number of hydrogen-bond acceptors (Lipinski definition) is 2. The number of amides is 1. The van der Waals surface area contributed by atoms with Crippen LogP contribution in [0.15, 0.2) is 18.2 Å². The molecule has 0 aliphatic heterocycles. The lowest BCUT2D eigenvalue weighted by molar-refractivity contribution is -0.137. The summed E-state index contributed by atoms with van der Waals surface area (Å²) in [6.07, 6.45) is 1.17. The summed E-state index contributed by atoms with van der Waals surface area (Å²) in [7, 11) is 0. The van der Waals surface area contributed by atoms with Crippen molar-refractivity contribution < 1.29 is 19.1 Å². The Bertz CT molecular complexity index is 532. The molecular formula is C15H19ClFNO3. The van der Waals surface area contributed by atoms with Crippen LogP contribution in [0.4, 0.5) is 4.39 Å². The Balaban J connectivity index is 2.61. The summed E-state index contributed by atoms with van der Waals surface area (Å²) >= 11 is 5.75. The molecule has 0 aliphatic carbocycles. The normalized spacial score (nSPS) is 11.2. The maximum absolute atomic E-state index is 14.0. The fraction of sp³-hybridized carbons (Fsp3) is 0.467.